The van der Waals surface area contributed by atoms with Gasteiger partial charge in [0, 0.05) is 35.0 Å². The highest BCUT2D eigenvalue weighted by molar-refractivity contribution is 7.13. The van der Waals surface area contributed by atoms with Crippen LogP contribution in [0.15, 0.2) is 47.8 Å². The lowest BCUT2D eigenvalue weighted by molar-refractivity contribution is -0.136. The van der Waals surface area contributed by atoms with E-state index >= 15 is 0 Å². The Morgan fingerprint density at radius 3 is 2.57 bits per heavy atom. The van der Waals surface area contributed by atoms with Crippen LogP contribution < -0.4 is 10.6 Å². The third-order valence-corrected chi connectivity index (χ3v) is 4.88. The van der Waals surface area contributed by atoms with Crippen LogP contribution in [0.3, 0.4) is 0 Å². The van der Waals surface area contributed by atoms with Gasteiger partial charge >= 0.3 is 11.8 Å². The van der Waals surface area contributed by atoms with Gasteiger partial charge in [-0.3, -0.25) is 9.59 Å². The summed E-state index contributed by atoms with van der Waals surface area (Å²) < 4.78 is 26.6. The van der Waals surface area contributed by atoms with Crippen molar-refractivity contribution in [2.24, 2.45) is 0 Å². The van der Waals surface area contributed by atoms with Gasteiger partial charge in [0.1, 0.15) is 16.6 Å². The van der Waals surface area contributed by atoms with Crippen LogP contribution in [0.4, 0.5) is 14.5 Å². The maximum atomic E-state index is 13.5. The van der Waals surface area contributed by atoms with Crippen LogP contribution in [-0.2, 0) is 16.0 Å². The van der Waals surface area contributed by atoms with Crippen molar-refractivity contribution in [3.8, 4) is 10.6 Å². The highest BCUT2D eigenvalue weighted by atomic mass is 35.5. The average Bonchev–Trinajstić information content (AvgIpc) is 3.14. The number of carbonyl (C=O) groups is 2. The molecule has 2 amide bonds. The fourth-order valence-corrected chi connectivity index (χ4v) is 3.29. The van der Waals surface area contributed by atoms with Crippen molar-refractivity contribution in [3.05, 3.63) is 70.2 Å². The van der Waals surface area contributed by atoms with Crippen molar-refractivity contribution < 1.29 is 18.4 Å². The molecule has 2 N–H and O–H groups in total. The van der Waals surface area contributed by atoms with Crippen molar-refractivity contribution in [3.63, 3.8) is 0 Å². The maximum absolute atomic E-state index is 13.5. The Kier molecular flexibility index (Phi) is 6.33. The SMILES string of the molecule is O=C(NCCc1csc(-c2ccc(Cl)cc2)n1)C(=O)Nc1cc(F)ccc1F. The summed E-state index contributed by atoms with van der Waals surface area (Å²) in [6.45, 7) is 0.168. The average molecular weight is 422 g/mol. The molecule has 9 heteroatoms. The maximum Gasteiger partial charge on any atom is 0.313 e. The molecule has 0 spiro atoms. The van der Waals surface area contributed by atoms with Gasteiger partial charge in [-0.15, -0.1) is 11.3 Å². The number of anilines is 1. The zero-order valence-corrected chi connectivity index (χ0v) is 15.9. The minimum absolute atomic E-state index is 0.168. The molecule has 0 radical (unpaired) electrons. The molecule has 1 aromatic heterocycles. The molecule has 28 heavy (non-hydrogen) atoms. The van der Waals surface area contributed by atoms with Crippen molar-refractivity contribution in [2.45, 2.75) is 6.42 Å². The third-order valence-electron chi connectivity index (χ3n) is 3.69. The molecule has 0 unspecified atom stereocenters. The largest absolute Gasteiger partial charge is 0.347 e. The Morgan fingerprint density at radius 1 is 1.07 bits per heavy atom. The van der Waals surface area contributed by atoms with Gasteiger partial charge in [-0.25, -0.2) is 13.8 Å². The quantitative estimate of drug-likeness (QED) is 0.611. The summed E-state index contributed by atoms with van der Waals surface area (Å²) in [7, 11) is 0. The van der Waals surface area contributed by atoms with Gasteiger partial charge in [-0.1, -0.05) is 23.7 Å². The van der Waals surface area contributed by atoms with E-state index in [9.17, 15) is 18.4 Å². The van der Waals surface area contributed by atoms with Crippen LogP contribution in [0.1, 0.15) is 5.69 Å². The number of rotatable bonds is 5. The normalized spacial score (nSPS) is 10.5. The molecule has 0 aliphatic carbocycles. The summed E-state index contributed by atoms with van der Waals surface area (Å²) in [4.78, 5) is 28.1. The standard InChI is InChI=1S/C19H14ClF2N3O2S/c20-12-3-1-11(2-4-12)19-24-14(10-28-19)7-8-23-17(26)18(27)25-16-9-13(21)5-6-15(16)22/h1-6,9-10H,7-8H2,(H,23,26)(H,25,27). The Morgan fingerprint density at radius 2 is 1.82 bits per heavy atom. The number of thiazole rings is 1. The number of hydrogen-bond donors (Lipinski definition) is 2. The topological polar surface area (TPSA) is 71.1 Å². The van der Waals surface area contributed by atoms with Crippen molar-refractivity contribution >= 4 is 40.4 Å². The van der Waals surface area contributed by atoms with Gasteiger partial charge in [0.15, 0.2) is 0 Å². The predicted octanol–water partition coefficient (Wildman–Crippen LogP) is 4.04. The van der Waals surface area contributed by atoms with Gasteiger partial charge in [0.25, 0.3) is 0 Å². The van der Waals surface area contributed by atoms with Gasteiger partial charge in [0.2, 0.25) is 0 Å². The molecular weight excluding hydrogens is 408 g/mol. The number of hydrogen-bond acceptors (Lipinski definition) is 4. The summed E-state index contributed by atoms with van der Waals surface area (Å²) in [6, 6.07) is 9.86. The van der Waals surface area contributed by atoms with E-state index in [1.807, 2.05) is 22.8 Å². The molecule has 3 aromatic rings. The summed E-state index contributed by atoms with van der Waals surface area (Å²) in [5, 5.41) is 7.78. The molecule has 1 heterocycles. The number of aromatic nitrogens is 1. The number of halogens is 3. The zero-order valence-electron chi connectivity index (χ0n) is 14.3. The van der Waals surface area contributed by atoms with Gasteiger partial charge in [-0.2, -0.15) is 0 Å². The minimum Gasteiger partial charge on any atom is -0.347 e. The van der Waals surface area contributed by atoms with Crippen LogP contribution >= 0.6 is 22.9 Å². The molecule has 5 nitrogen and oxygen atoms in total. The number of benzene rings is 2. The van der Waals surface area contributed by atoms with Crippen LogP contribution in [0.5, 0.6) is 0 Å². The fraction of sp³-hybridized carbons (Fsp3) is 0.105. The third kappa shape index (κ3) is 5.11. The second kappa shape index (κ2) is 8.90. The monoisotopic (exact) mass is 421 g/mol. The van der Waals surface area contributed by atoms with Crippen molar-refractivity contribution in [1.29, 1.82) is 0 Å². The first-order valence-corrected chi connectivity index (χ1v) is 9.43. The molecule has 3 rings (SSSR count). The van der Waals surface area contributed by atoms with Crippen molar-refractivity contribution in [1.82, 2.24) is 10.3 Å². The van der Waals surface area contributed by atoms with Crippen LogP contribution in [0.2, 0.25) is 5.02 Å². The summed E-state index contributed by atoms with van der Waals surface area (Å²) >= 11 is 7.32. The Hall–Kier alpha value is -2.84. The Bertz CT molecular complexity index is 1010. The summed E-state index contributed by atoms with van der Waals surface area (Å²) in [5.74, 6) is -3.58. The van der Waals surface area contributed by atoms with Crippen LogP contribution in [0.25, 0.3) is 10.6 Å². The van der Waals surface area contributed by atoms with E-state index in [1.165, 1.54) is 11.3 Å². The lowest BCUT2D eigenvalue weighted by Crippen LogP contribution is -2.36. The van der Waals surface area contributed by atoms with E-state index in [2.05, 4.69) is 10.3 Å². The lowest BCUT2D eigenvalue weighted by Gasteiger charge is -2.07. The van der Waals surface area contributed by atoms with E-state index in [0.29, 0.717) is 11.4 Å². The second-order valence-electron chi connectivity index (χ2n) is 5.74. The molecule has 2 aromatic carbocycles. The smallest absolute Gasteiger partial charge is 0.313 e. The van der Waals surface area contributed by atoms with Crippen LogP contribution in [-0.4, -0.2) is 23.3 Å². The highest BCUT2D eigenvalue weighted by Gasteiger charge is 2.16. The molecule has 0 atom stereocenters. The zero-order chi connectivity index (χ0) is 20.1. The first kappa shape index (κ1) is 19.9. The van der Waals surface area contributed by atoms with E-state index in [0.717, 1.165) is 34.5 Å². The molecule has 0 bridgehead atoms. The van der Waals surface area contributed by atoms with E-state index in [-0.39, 0.29) is 6.54 Å². The molecule has 0 aliphatic heterocycles. The molecule has 0 fully saturated rings. The fourth-order valence-electron chi connectivity index (χ4n) is 2.30. The molecule has 0 aliphatic rings. The summed E-state index contributed by atoms with van der Waals surface area (Å²) in [5.41, 5.74) is 1.29. The van der Waals surface area contributed by atoms with E-state index in [4.69, 9.17) is 11.6 Å². The van der Waals surface area contributed by atoms with Gasteiger partial charge < -0.3 is 10.6 Å². The summed E-state index contributed by atoms with van der Waals surface area (Å²) in [6.07, 6.45) is 0.414. The Balaban J connectivity index is 1.50. The predicted molar refractivity (Wildman–Crippen MR) is 104 cm³/mol. The molecule has 0 saturated heterocycles. The van der Waals surface area contributed by atoms with E-state index < -0.39 is 29.1 Å². The van der Waals surface area contributed by atoms with E-state index in [1.54, 1.807) is 12.1 Å². The van der Waals surface area contributed by atoms with Crippen molar-refractivity contribution in [2.75, 3.05) is 11.9 Å². The Labute approximate surface area is 168 Å². The molecule has 0 saturated carbocycles. The van der Waals surface area contributed by atoms with Crippen LogP contribution in [0, 0.1) is 11.6 Å². The van der Waals surface area contributed by atoms with Gasteiger partial charge in [-0.05, 0) is 24.3 Å². The number of nitrogens with zero attached hydrogens (tertiary/aromatic N) is 1. The van der Waals surface area contributed by atoms with Gasteiger partial charge in [0.05, 0.1) is 11.4 Å². The second-order valence-corrected chi connectivity index (χ2v) is 7.03. The number of carbonyl (C=O) groups excluding carboxylic acids is 2. The first-order chi connectivity index (χ1) is 13.4. The molecule has 144 valence electrons. The first-order valence-electron chi connectivity index (χ1n) is 8.17. The number of amides is 2. The highest BCUT2D eigenvalue weighted by Crippen LogP contribution is 2.25. The number of nitrogens with one attached hydrogen (secondary N) is 2. The molecular formula is C19H14ClF2N3O2S. The minimum atomic E-state index is -1.08. The lowest BCUT2D eigenvalue weighted by atomic mass is 10.2.